The van der Waals surface area contributed by atoms with Crippen LogP contribution in [0, 0.1) is 40.4 Å². The molecule has 0 aromatic heterocycles. The van der Waals surface area contributed by atoms with Crippen LogP contribution in [0.3, 0.4) is 0 Å². The van der Waals surface area contributed by atoms with E-state index in [1.807, 2.05) is 0 Å². The predicted octanol–water partition coefficient (Wildman–Crippen LogP) is 4.07. The summed E-state index contributed by atoms with van der Waals surface area (Å²) in [6.45, 7) is 8.45. The highest BCUT2D eigenvalue weighted by molar-refractivity contribution is 7.13. The highest BCUT2D eigenvalue weighted by Crippen LogP contribution is 2.68. The van der Waals surface area contributed by atoms with Crippen LogP contribution in [0.4, 0.5) is 0 Å². The zero-order chi connectivity index (χ0) is 18.7. The molecule has 0 bridgehead atoms. The predicted molar refractivity (Wildman–Crippen MR) is 113 cm³/mol. The lowest BCUT2D eigenvalue weighted by Crippen LogP contribution is -2.67. The van der Waals surface area contributed by atoms with E-state index in [9.17, 15) is 0 Å². The van der Waals surface area contributed by atoms with E-state index in [2.05, 4.69) is 35.2 Å². The first-order valence-electron chi connectivity index (χ1n) is 11.2. The van der Waals surface area contributed by atoms with Gasteiger partial charge < -0.3 is 11.5 Å². The summed E-state index contributed by atoms with van der Waals surface area (Å²) in [6.07, 6.45) is 12.0. The molecule has 4 aliphatic rings. The first-order valence-corrected chi connectivity index (χ1v) is 11.8. The van der Waals surface area contributed by atoms with Crippen LogP contribution in [0.5, 0.6) is 0 Å². The van der Waals surface area contributed by atoms with Crippen molar-refractivity contribution in [3.63, 3.8) is 0 Å². The van der Waals surface area contributed by atoms with Gasteiger partial charge in [0.2, 0.25) is 0 Å². The molecule has 0 amide bonds. The van der Waals surface area contributed by atoms with Crippen LogP contribution in [0.15, 0.2) is 0 Å². The van der Waals surface area contributed by atoms with Gasteiger partial charge in [-0.2, -0.15) is 0 Å². The van der Waals surface area contributed by atoms with Gasteiger partial charge in [-0.1, -0.05) is 30.2 Å². The molecule has 26 heavy (non-hydrogen) atoms. The van der Waals surface area contributed by atoms with E-state index in [0.29, 0.717) is 22.8 Å². The summed E-state index contributed by atoms with van der Waals surface area (Å²) in [6, 6.07) is 0.588. The zero-order valence-electron chi connectivity index (χ0n) is 17.3. The Balaban J connectivity index is 1.60. The minimum absolute atomic E-state index is 0.0386. The lowest BCUT2D eigenvalue weighted by atomic mass is 9.42. The molecule has 10 unspecified atom stereocenters. The minimum atomic E-state index is 0.0386. The fourth-order valence-electron chi connectivity index (χ4n) is 8.63. The van der Waals surface area contributed by atoms with E-state index in [4.69, 9.17) is 11.5 Å². The molecule has 4 saturated carbocycles. The van der Waals surface area contributed by atoms with Crippen molar-refractivity contribution in [2.75, 3.05) is 6.54 Å². The third-order valence-corrected chi connectivity index (χ3v) is 10.8. The fourth-order valence-corrected chi connectivity index (χ4v) is 8.91. The van der Waals surface area contributed by atoms with Gasteiger partial charge in [-0.05, 0) is 105 Å². The second kappa shape index (κ2) is 6.68. The smallest absolute Gasteiger partial charge is 0.0226 e. The molecule has 4 heteroatoms. The summed E-state index contributed by atoms with van der Waals surface area (Å²) in [5, 5.41) is 3.44. The number of hydrogen-bond acceptors (Lipinski definition) is 3. The number of rotatable bonds is 3. The summed E-state index contributed by atoms with van der Waals surface area (Å²) in [5.74, 6) is 4.19. The van der Waals surface area contributed by atoms with Crippen LogP contribution < -0.4 is 16.6 Å². The Hall–Kier alpha value is 0.310. The molecule has 150 valence electrons. The maximum absolute atomic E-state index is 7.17. The molecule has 0 aliphatic heterocycles. The number of hydrogen-bond donors (Lipinski definition) is 3. The highest BCUT2D eigenvalue weighted by Gasteiger charge is 2.63. The average molecular weight is 380 g/mol. The van der Waals surface area contributed by atoms with Crippen molar-refractivity contribution in [3.05, 3.63) is 0 Å². The van der Waals surface area contributed by atoms with Gasteiger partial charge in [-0.15, -0.1) is 0 Å². The van der Waals surface area contributed by atoms with Crippen LogP contribution in [0.1, 0.15) is 78.6 Å². The molecular formula is C22H42N3P. The zero-order valence-corrected chi connectivity index (χ0v) is 18.4. The normalized spacial score (nSPS) is 54.9. The Labute approximate surface area is 163 Å². The third kappa shape index (κ3) is 2.60. The van der Waals surface area contributed by atoms with Gasteiger partial charge >= 0.3 is 0 Å². The largest absolute Gasteiger partial charge is 0.330 e. The average Bonchev–Trinajstić information content (AvgIpc) is 2.98. The topological polar surface area (TPSA) is 64.1 Å². The SMILES string of the molecule is CC(CN)C1CCC2C3CCC4(N)CC(NP)CCC4(C)C3CCC12C. The molecule has 4 fully saturated rings. The van der Waals surface area contributed by atoms with Crippen LogP contribution >= 0.6 is 9.39 Å². The van der Waals surface area contributed by atoms with E-state index in [1.165, 1.54) is 51.4 Å². The first kappa shape index (κ1) is 19.6. The van der Waals surface area contributed by atoms with Gasteiger partial charge in [0.15, 0.2) is 0 Å². The number of nitrogens with one attached hydrogen (secondary N) is 1. The molecule has 0 spiro atoms. The molecule has 0 aromatic carbocycles. The molecule has 0 radical (unpaired) electrons. The van der Waals surface area contributed by atoms with Crippen molar-refractivity contribution < 1.29 is 0 Å². The summed E-state index contributed by atoms with van der Waals surface area (Å²) >= 11 is 0. The molecule has 0 aromatic rings. The Bertz CT molecular complexity index is 541. The maximum Gasteiger partial charge on any atom is 0.0226 e. The molecule has 5 N–H and O–H groups in total. The number of nitrogens with two attached hydrogens (primary N) is 2. The monoisotopic (exact) mass is 379 g/mol. The highest BCUT2D eigenvalue weighted by atomic mass is 31.0. The molecule has 10 atom stereocenters. The van der Waals surface area contributed by atoms with Gasteiger partial charge in [0, 0.05) is 11.6 Å². The molecule has 0 saturated heterocycles. The summed E-state index contributed by atoms with van der Waals surface area (Å²) in [4.78, 5) is 0. The van der Waals surface area contributed by atoms with Crippen LogP contribution in [0.2, 0.25) is 0 Å². The number of fused-ring (bicyclic) bond motifs is 5. The first-order chi connectivity index (χ1) is 12.3. The Morgan fingerprint density at radius 1 is 1.04 bits per heavy atom. The Kier molecular flexibility index (Phi) is 5.04. The van der Waals surface area contributed by atoms with Crippen molar-refractivity contribution in [1.82, 2.24) is 5.09 Å². The fraction of sp³-hybridized carbons (Fsp3) is 1.00. The van der Waals surface area contributed by atoms with Crippen LogP contribution in [0.25, 0.3) is 0 Å². The molecule has 3 nitrogen and oxygen atoms in total. The summed E-state index contributed by atoms with van der Waals surface area (Å²) in [7, 11) is 2.73. The van der Waals surface area contributed by atoms with Crippen molar-refractivity contribution in [2.45, 2.75) is 90.1 Å². The summed E-state index contributed by atoms with van der Waals surface area (Å²) < 4.78 is 0. The Morgan fingerprint density at radius 2 is 1.81 bits per heavy atom. The third-order valence-electron chi connectivity index (χ3n) is 10.3. The lowest BCUT2D eigenvalue weighted by molar-refractivity contribution is -0.127. The minimum Gasteiger partial charge on any atom is -0.330 e. The van der Waals surface area contributed by atoms with Crippen LogP contribution in [-0.2, 0) is 0 Å². The van der Waals surface area contributed by atoms with Crippen molar-refractivity contribution in [2.24, 2.45) is 51.9 Å². The van der Waals surface area contributed by atoms with E-state index >= 15 is 0 Å². The van der Waals surface area contributed by atoms with Gasteiger partial charge in [-0.3, -0.25) is 5.09 Å². The second-order valence-corrected chi connectivity index (χ2v) is 11.4. The second-order valence-electron chi connectivity index (χ2n) is 11.0. The van der Waals surface area contributed by atoms with Crippen molar-refractivity contribution in [3.8, 4) is 0 Å². The van der Waals surface area contributed by atoms with Crippen LogP contribution in [-0.4, -0.2) is 18.1 Å². The Morgan fingerprint density at radius 3 is 2.50 bits per heavy atom. The van der Waals surface area contributed by atoms with E-state index in [1.54, 1.807) is 0 Å². The van der Waals surface area contributed by atoms with Crippen molar-refractivity contribution >= 4 is 9.39 Å². The van der Waals surface area contributed by atoms with E-state index < -0.39 is 0 Å². The van der Waals surface area contributed by atoms with Gasteiger partial charge in [-0.25, -0.2) is 0 Å². The van der Waals surface area contributed by atoms with E-state index in [0.717, 1.165) is 36.6 Å². The lowest BCUT2D eigenvalue weighted by Gasteiger charge is -2.65. The van der Waals surface area contributed by atoms with Gasteiger partial charge in [0.05, 0.1) is 0 Å². The molecule has 0 heterocycles. The summed E-state index contributed by atoms with van der Waals surface area (Å²) in [5.41, 5.74) is 14.2. The molecule has 4 rings (SSSR count). The standard InChI is InChI=1S/C22H42N3P/c1-14(13-23)17-4-5-18-16-7-11-22(24)12-15(25-26)6-10-21(22,3)19(16)8-9-20(17,18)2/h14-19,25H,4-13,23-24,26H2,1-3H3. The van der Waals surface area contributed by atoms with Crippen molar-refractivity contribution in [1.29, 1.82) is 0 Å². The quantitative estimate of drug-likeness (QED) is 0.648. The molecular weight excluding hydrogens is 337 g/mol. The van der Waals surface area contributed by atoms with Gasteiger partial charge in [0.25, 0.3) is 0 Å². The molecule has 4 aliphatic carbocycles. The maximum atomic E-state index is 7.17. The van der Waals surface area contributed by atoms with E-state index in [-0.39, 0.29) is 5.54 Å². The van der Waals surface area contributed by atoms with Gasteiger partial charge in [0.1, 0.15) is 0 Å².